The third-order valence-electron chi connectivity index (χ3n) is 5.16. The van der Waals surface area contributed by atoms with Gasteiger partial charge in [0.2, 0.25) is 5.91 Å². The Morgan fingerprint density at radius 1 is 1.27 bits per heavy atom. The molecule has 1 aromatic heterocycles. The number of nitrogens with one attached hydrogen (secondary N) is 1. The summed E-state index contributed by atoms with van der Waals surface area (Å²) in [6.45, 7) is 9.27. The van der Waals surface area contributed by atoms with Crippen molar-refractivity contribution in [2.24, 2.45) is 11.8 Å². The highest BCUT2D eigenvalue weighted by molar-refractivity contribution is 5.92. The quantitative estimate of drug-likeness (QED) is 0.725. The second kappa shape index (κ2) is 9.74. The van der Waals surface area contributed by atoms with Gasteiger partial charge in [-0.25, -0.2) is 0 Å². The summed E-state index contributed by atoms with van der Waals surface area (Å²) in [6, 6.07) is 1.85. The van der Waals surface area contributed by atoms with E-state index >= 15 is 0 Å². The molecular formula is C20H33N3O3. The molecule has 0 atom stereocenters. The third-order valence-corrected chi connectivity index (χ3v) is 5.16. The zero-order chi connectivity index (χ0) is 19.1. The smallest absolute Gasteiger partial charge is 0.273 e. The van der Waals surface area contributed by atoms with E-state index in [1.165, 1.54) is 0 Å². The van der Waals surface area contributed by atoms with Crippen LogP contribution in [0.2, 0.25) is 0 Å². The Kier molecular flexibility index (Phi) is 7.66. The average Bonchev–Trinajstić information content (AvgIpc) is 3.31. The van der Waals surface area contributed by atoms with Crippen LogP contribution in [0.15, 0.2) is 10.6 Å². The minimum absolute atomic E-state index is 0.132. The van der Waals surface area contributed by atoms with Crippen LogP contribution in [-0.2, 0) is 11.3 Å². The van der Waals surface area contributed by atoms with Crippen LogP contribution in [0.25, 0.3) is 0 Å². The second-order valence-electron chi connectivity index (χ2n) is 7.70. The number of rotatable bonds is 9. The van der Waals surface area contributed by atoms with Crippen LogP contribution in [-0.4, -0.2) is 34.5 Å². The molecule has 0 saturated heterocycles. The summed E-state index contributed by atoms with van der Waals surface area (Å²) in [6.07, 6.45) is 6.05. The lowest BCUT2D eigenvalue weighted by Gasteiger charge is -2.32. The van der Waals surface area contributed by atoms with Crippen molar-refractivity contribution in [2.45, 2.75) is 78.8 Å². The van der Waals surface area contributed by atoms with Gasteiger partial charge in [-0.15, -0.1) is 0 Å². The van der Waals surface area contributed by atoms with Crippen molar-refractivity contribution in [2.75, 3.05) is 6.54 Å². The SMILES string of the molecule is CCC(CC)N(Cc1cc(C(=O)NCC(C)C)no1)C(=O)C1CCCC1. The van der Waals surface area contributed by atoms with Crippen molar-refractivity contribution < 1.29 is 14.1 Å². The lowest BCUT2D eigenvalue weighted by atomic mass is 10.0. The molecule has 1 aliphatic carbocycles. The predicted molar refractivity (Wildman–Crippen MR) is 101 cm³/mol. The molecule has 0 aromatic carbocycles. The lowest BCUT2D eigenvalue weighted by molar-refractivity contribution is -0.139. The second-order valence-corrected chi connectivity index (χ2v) is 7.70. The van der Waals surface area contributed by atoms with Crippen molar-refractivity contribution in [1.29, 1.82) is 0 Å². The van der Waals surface area contributed by atoms with E-state index in [0.29, 0.717) is 24.8 Å². The van der Waals surface area contributed by atoms with Crippen molar-refractivity contribution in [3.05, 3.63) is 17.5 Å². The summed E-state index contributed by atoms with van der Waals surface area (Å²) in [5.41, 5.74) is 0.276. The Balaban J connectivity index is 2.07. The molecule has 0 radical (unpaired) electrons. The maximum atomic E-state index is 13.0. The summed E-state index contributed by atoms with van der Waals surface area (Å²) in [5.74, 6) is 1.06. The molecule has 1 aliphatic rings. The highest BCUT2D eigenvalue weighted by atomic mass is 16.5. The lowest BCUT2D eigenvalue weighted by Crippen LogP contribution is -2.42. The molecule has 1 saturated carbocycles. The summed E-state index contributed by atoms with van der Waals surface area (Å²) >= 11 is 0. The minimum atomic E-state index is -0.232. The van der Waals surface area contributed by atoms with Gasteiger partial charge in [-0.2, -0.15) is 0 Å². The first-order chi connectivity index (χ1) is 12.5. The molecule has 0 aliphatic heterocycles. The average molecular weight is 364 g/mol. The van der Waals surface area contributed by atoms with Gasteiger partial charge in [0.25, 0.3) is 5.91 Å². The van der Waals surface area contributed by atoms with Crippen LogP contribution in [0.4, 0.5) is 0 Å². The number of carbonyl (C=O) groups excluding carboxylic acids is 2. The summed E-state index contributed by atoms with van der Waals surface area (Å²) in [4.78, 5) is 27.1. The topological polar surface area (TPSA) is 75.4 Å². The van der Waals surface area contributed by atoms with Gasteiger partial charge < -0.3 is 14.7 Å². The normalized spacial score (nSPS) is 15.0. The fraction of sp³-hybridized carbons (Fsp3) is 0.750. The number of amides is 2. The van der Waals surface area contributed by atoms with Crippen LogP contribution in [0.5, 0.6) is 0 Å². The largest absolute Gasteiger partial charge is 0.359 e. The summed E-state index contributed by atoms with van der Waals surface area (Å²) < 4.78 is 5.37. The molecule has 2 amide bonds. The first-order valence-corrected chi connectivity index (χ1v) is 10.00. The number of hydrogen-bond acceptors (Lipinski definition) is 4. The van der Waals surface area contributed by atoms with Gasteiger partial charge in [0.15, 0.2) is 11.5 Å². The molecule has 6 heteroatoms. The van der Waals surface area contributed by atoms with Gasteiger partial charge in [-0.1, -0.05) is 45.7 Å². The van der Waals surface area contributed by atoms with E-state index in [-0.39, 0.29) is 29.5 Å². The van der Waals surface area contributed by atoms with Crippen LogP contribution >= 0.6 is 0 Å². The van der Waals surface area contributed by atoms with E-state index in [4.69, 9.17) is 4.52 Å². The Morgan fingerprint density at radius 3 is 2.50 bits per heavy atom. The fourth-order valence-corrected chi connectivity index (χ4v) is 3.57. The maximum Gasteiger partial charge on any atom is 0.273 e. The molecule has 1 N–H and O–H groups in total. The Morgan fingerprint density at radius 2 is 1.92 bits per heavy atom. The minimum Gasteiger partial charge on any atom is -0.359 e. The van der Waals surface area contributed by atoms with E-state index < -0.39 is 0 Å². The molecule has 1 fully saturated rings. The number of nitrogens with zero attached hydrogens (tertiary/aromatic N) is 2. The summed E-state index contributed by atoms with van der Waals surface area (Å²) in [7, 11) is 0. The third kappa shape index (κ3) is 5.32. The van der Waals surface area contributed by atoms with Gasteiger partial charge in [-0.05, 0) is 31.6 Å². The van der Waals surface area contributed by atoms with Gasteiger partial charge in [0.1, 0.15) is 0 Å². The van der Waals surface area contributed by atoms with Gasteiger partial charge in [-0.3, -0.25) is 9.59 Å². The molecule has 26 heavy (non-hydrogen) atoms. The van der Waals surface area contributed by atoms with Crippen molar-refractivity contribution in [1.82, 2.24) is 15.4 Å². The number of aromatic nitrogens is 1. The standard InChI is InChI=1S/C20H33N3O3/c1-5-16(6-2)23(20(25)15-9-7-8-10-15)13-17-11-18(22-26-17)19(24)21-12-14(3)4/h11,14-16H,5-10,12-13H2,1-4H3,(H,21,24). The fourth-order valence-electron chi connectivity index (χ4n) is 3.57. The van der Waals surface area contributed by atoms with Crippen LogP contribution < -0.4 is 5.32 Å². The van der Waals surface area contributed by atoms with Crippen LogP contribution in [0.1, 0.15) is 82.5 Å². The van der Waals surface area contributed by atoms with Gasteiger partial charge in [0.05, 0.1) is 6.54 Å². The van der Waals surface area contributed by atoms with E-state index in [9.17, 15) is 9.59 Å². The van der Waals surface area contributed by atoms with E-state index in [2.05, 4.69) is 24.3 Å². The Hall–Kier alpha value is -1.85. The van der Waals surface area contributed by atoms with E-state index in [1.807, 2.05) is 18.7 Å². The Bertz CT molecular complexity index is 587. The Labute approximate surface area is 156 Å². The van der Waals surface area contributed by atoms with Gasteiger partial charge in [0, 0.05) is 24.6 Å². The molecule has 1 heterocycles. The number of hydrogen-bond donors (Lipinski definition) is 1. The molecule has 0 unspecified atom stereocenters. The molecule has 0 spiro atoms. The zero-order valence-electron chi connectivity index (χ0n) is 16.6. The van der Waals surface area contributed by atoms with Crippen LogP contribution in [0, 0.1) is 11.8 Å². The summed E-state index contributed by atoms with van der Waals surface area (Å²) in [5, 5.41) is 6.73. The van der Waals surface area contributed by atoms with Crippen molar-refractivity contribution in [3.8, 4) is 0 Å². The molecule has 6 nitrogen and oxygen atoms in total. The first-order valence-electron chi connectivity index (χ1n) is 10.00. The molecule has 0 bridgehead atoms. The maximum absolute atomic E-state index is 13.0. The number of carbonyl (C=O) groups is 2. The van der Waals surface area contributed by atoms with Crippen molar-refractivity contribution >= 4 is 11.8 Å². The highest BCUT2D eigenvalue weighted by Gasteiger charge is 2.31. The zero-order valence-corrected chi connectivity index (χ0v) is 16.6. The van der Waals surface area contributed by atoms with Crippen LogP contribution in [0.3, 0.4) is 0 Å². The molecule has 2 rings (SSSR count). The van der Waals surface area contributed by atoms with E-state index in [1.54, 1.807) is 6.07 Å². The monoisotopic (exact) mass is 363 g/mol. The highest BCUT2D eigenvalue weighted by Crippen LogP contribution is 2.29. The first kappa shape index (κ1) is 20.5. The van der Waals surface area contributed by atoms with Crippen molar-refractivity contribution in [3.63, 3.8) is 0 Å². The molecule has 146 valence electrons. The predicted octanol–water partition coefficient (Wildman–Crippen LogP) is 3.77. The molecule has 1 aromatic rings. The molecular weight excluding hydrogens is 330 g/mol. The van der Waals surface area contributed by atoms with Gasteiger partial charge >= 0.3 is 0 Å². The van der Waals surface area contributed by atoms with E-state index in [0.717, 1.165) is 38.5 Å².